The summed E-state index contributed by atoms with van der Waals surface area (Å²) < 4.78 is 104. The largest absolute Gasteiger partial charge is 0.416 e. The highest BCUT2D eigenvalue weighted by Gasteiger charge is 2.35. The molecule has 15 heteroatoms. The summed E-state index contributed by atoms with van der Waals surface area (Å²) >= 11 is 0. The van der Waals surface area contributed by atoms with Crippen molar-refractivity contribution in [1.82, 2.24) is 14.9 Å². The van der Waals surface area contributed by atoms with Gasteiger partial charge in [0.15, 0.2) is 0 Å². The fourth-order valence-corrected chi connectivity index (χ4v) is 3.16. The van der Waals surface area contributed by atoms with Gasteiger partial charge in [-0.2, -0.15) is 26.3 Å². The number of carbonyl (C=O) groups excluding carboxylic acids is 1. The molecule has 7 nitrogen and oxygen atoms in total. The number of alkyl halides is 6. The van der Waals surface area contributed by atoms with Crippen molar-refractivity contribution in [2.75, 3.05) is 0 Å². The molecule has 37 heavy (non-hydrogen) atoms. The number of benzene rings is 2. The number of nitrogens with two attached hydrogens (primary N) is 1. The summed E-state index contributed by atoms with van der Waals surface area (Å²) in [5.74, 6) is -2.11. The number of hydrogen-bond donors (Lipinski definition) is 3. The van der Waals surface area contributed by atoms with Crippen LogP contribution in [-0.2, 0) is 25.4 Å². The minimum atomic E-state index is -4.74. The van der Waals surface area contributed by atoms with E-state index < -0.39 is 76.6 Å². The number of aryl methyl sites for hydroxylation is 1. The fraction of sp³-hybridized carbons (Fsp3) is 0.227. The van der Waals surface area contributed by atoms with E-state index in [2.05, 4.69) is 0 Å². The summed E-state index contributed by atoms with van der Waals surface area (Å²) in [6.07, 6.45) is -9.41. The number of amides is 2. The molecule has 0 fully saturated rings. The van der Waals surface area contributed by atoms with Gasteiger partial charge in [0.25, 0.3) is 5.56 Å². The van der Waals surface area contributed by atoms with Crippen LogP contribution in [0, 0.1) is 18.6 Å². The Labute approximate surface area is 202 Å². The van der Waals surface area contributed by atoms with Crippen LogP contribution in [0.15, 0.2) is 52.1 Å². The summed E-state index contributed by atoms with van der Waals surface area (Å²) in [7, 11) is 0. The number of aromatic nitrogens is 2. The molecule has 1 aromatic heterocycles. The first kappa shape index (κ1) is 29.1. The van der Waals surface area contributed by atoms with Crippen LogP contribution in [0.5, 0.6) is 0 Å². The van der Waals surface area contributed by atoms with Crippen molar-refractivity contribution in [3.63, 3.8) is 0 Å². The summed E-state index contributed by atoms with van der Waals surface area (Å²) in [4.78, 5) is 35.0. The number of rotatable bonds is 4. The number of aromatic amines is 1. The number of primary amides is 1. The first-order valence-corrected chi connectivity index (χ1v) is 10.1. The molecule has 3 rings (SSSR count). The zero-order chi connectivity index (χ0) is 28.1. The quantitative estimate of drug-likeness (QED) is 0.436. The lowest BCUT2D eigenvalue weighted by atomic mass is 10.1. The van der Waals surface area contributed by atoms with E-state index in [0.717, 1.165) is 47.0 Å². The predicted octanol–water partition coefficient (Wildman–Crippen LogP) is 4.06. The Kier molecular flexibility index (Phi) is 8.85. The van der Waals surface area contributed by atoms with Crippen LogP contribution in [0.1, 0.15) is 27.9 Å². The monoisotopic (exact) mass is 538 g/mol. The molecule has 0 aliphatic carbocycles. The molecule has 0 bridgehead atoms. The van der Waals surface area contributed by atoms with E-state index in [1.165, 1.54) is 6.92 Å². The number of urea groups is 1. The third-order valence-corrected chi connectivity index (χ3v) is 4.85. The standard InChI is InChI=1S/C13H10F4N2O2.C9H8F4N2O/c1-7-5-11(20)18-12(21)19(7)6-8-9(13(15,16)17)3-2-4-10(8)14;10-7-3-1-2-6(9(11,12)13)5(7)4-15-8(14)16/h2-5H,6H2,1H3,(H,18,20,21);1-3H,4H2,(H3,14,15,16). The van der Waals surface area contributed by atoms with Gasteiger partial charge in [0.2, 0.25) is 0 Å². The van der Waals surface area contributed by atoms with Crippen LogP contribution in [0.25, 0.3) is 0 Å². The number of H-pyrrole nitrogens is 1. The van der Waals surface area contributed by atoms with Crippen molar-refractivity contribution in [3.05, 3.63) is 103 Å². The molecule has 0 atom stereocenters. The number of halogens is 8. The Morgan fingerprint density at radius 2 is 1.41 bits per heavy atom. The molecule has 2 aromatic carbocycles. The third kappa shape index (κ3) is 7.65. The lowest BCUT2D eigenvalue weighted by Crippen LogP contribution is -2.32. The van der Waals surface area contributed by atoms with Crippen molar-refractivity contribution in [3.8, 4) is 0 Å². The van der Waals surface area contributed by atoms with Gasteiger partial charge in [-0.05, 0) is 31.2 Å². The van der Waals surface area contributed by atoms with E-state index in [1.807, 2.05) is 10.3 Å². The van der Waals surface area contributed by atoms with Gasteiger partial charge >= 0.3 is 24.1 Å². The molecule has 3 aromatic rings. The molecular weight excluding hydrogens is 520 g/mol. The van der Waals surface area contributed by atoms with Crippen LogP contribution in [0.3, 0.4) is 0 Å². The predicted molar refractivity (Wildman–Crippen MR) is 114 cm³/mol. The third-order valence-electron chi connectivity index (χ3n) is 4.85. The van der Waals surface area contributed by atoms with Crippen LogP contribution in [0.4, 0.5) is 39.9 Å². The van der Waals surface area contributed by atoms with Gasteiger partial charge in [-0.25, -0.2) is 18.4 Å². The molecule has 0 aliphatic rings. The summed E-state index contributed by atoms with van der Waals surface area (Å²) in [6.45, 7) is 0.157. The van der Waals surface area contributed by atoms with E-state index in [9.17, 15) is 49.5 Å². The average Bonchev–Trinajstić information content (AvgIpc) is 2.75. The number of carbonyl (C=O) groups is 1. The van der Waals surface area contributed by atoms with Gasteiger partial charge in [0.05, 0.1) is 17.7 Å². The highest BCUT2D eigenvalue weighted by atomic mass is 19.4. The number of nitrogens with zero attached hydrogens (tertiary/aromatic N) is 1. The SMILES string of the molecule is Cc1cc(=O)[nH]c(=O)n1Cc1c(F)cccc1C(F)(F)F.NC(=O)NCc1c(F)cccc1C(F)(F)F. The highest BCUT2D eigenvalue weighted by molar-refractivity contribution is 5.71. The van der Waals surface area contributed by atoms with Crippen molar-refractivity contribution < 1.29 is 39.9 Å². The van der Waals surface area contributed by atoms with E-state index in [1.54, 1.807) is 0 Å². The Morgan fingerprint density at radius 1 is 0.919 bits per heavy atom. The number of hydrogen-bond acceptors (Lipinski definition) is 3. The zero-order valence-electron chi connectivity index (χ0n) is 18.7. The Balaban J connectivity index is 0.000000271. The lowest BCUT2D eigenvalue weighted by molar-refractivity contribution is -0.139. The van der Waals surface area contributed by atoms with Crippen molar-refractivity contribution in [1.29, 1.82) is 0 Å². The van der Waals surface area contributed by atoms with Gasteiger partial charge in [0, 0.05) is 29.4 Å². The van der Waals surface area contributed by atoms with Gasteiger partial charge in [0.1, 0.15) is 11.6 Å². The molecule has 0 saturated heterocycles. The fourth-order valence-electron chi connectivity index (χ4n) is 3.16. The normalized spacial score (nSPS) is 11.5. The second-order valence-corrected chi connectivity index (χ2v) is 7.41. The lowest BCUT2D eigenvalue weighted by Gasteiger charge is -2.15. The van der Waals surface area contributed by atoms with Gasteiger partial charge in [-0.15, -0.1) is 0 Å². The maximum Gasteiger partial charge on any atom is 0.416 e. The smallest absolute Gasteiger partial charge is 0.352 e. The van der Waals surface area contributed by atoms with Gasteiger partial charge in [-0.3, -0.25) is 14.3 Å². The highest BCUT2D eigenvalue weighted by Crippen LogP contribution is 2.34. The zero-order valence-corrected chi connectivity index (χ0v) is 18.7. The molecule has 0 aliphatic heterocycles. The van der Waals surface area contributed by atoms with Crippen LogP contribution < -0.4 is 22.3 Å². The first-order valence-electron chi connectivity index (χ1n) is 10.1. The first-order chi connectivity index (χ1) is 17.0. The Bertz CT molecular complexity index is 1390. The van der Waals surface area contributed by atoms with Crippen molar-refractivity contribution >= 4 is 6.03 Å². The minimum Gasteiger partial charge on any atom is -0.352 e. The summed E-state index contributed by atoms with van der Waals surface area (Å²) in [5, 5.41) is 1.91. The van der Waals surface area contributed by atoms with E-state index in [4.69, 9.17) is 5.73 Å². The van der Waals surface area contributed by atoms with Crippen molar-refractivity contribution in [2.45, 2.75) is 32.4 Å². The number of nitrogens with one attached hydrogen (secondary N) is 2. The Hall–Kier alpha value is -4.17. The molecule has 0 radical (unpaired) electrons. The average molecular weight is 538 g/mol. The summed E-state index contributed by atoms with van der Waals surface area (Å²) in [5.41, 5.74) is -0.284. The Morgan fingerprint density at radius 3 is 1.86 bits per heavy atom. The molecule has 4 N–H and O–H groups in total. The molecule has 0 unspecified atom stereocenters. The molecular formula is C22H18F8N4O3. The molecule has 0 saturated carbocycles. The summed E-state index contributed by atoms with van der Waals surface area (Å²) in [6, 6.07) is 5.18. The van der Waals surface area contributed by atoms with Crippen LogP contribution >= 0.6 is 0 Å². The van der Waals surface area contributed by atoms with Crippen LogP contribution in [0.2, 0.25) is 0 Å². The second kappa shape index (κ2) is 11.3. The van der Waals surface area contributed by atoms with E-state index >= 15 is 0 Å². The topological polar surface area (TPSA) is 110 Å². The van der Waals surface area contributed by atoms with E-state index in [-0.39, 0.29) is 5.69 Å². The van der Waals surface area contributed by atoms with Crippen molar-refractivity contribution in [2.24, 2.45) is 5.73 Å². The molecule has 200 valence electrons. The molecule has 2 amide bonds. The van der Waals surface area contributed by atoms with Gasteiger partial charge in [-0.1, -0.05) is 12.1 Å². The maximum absolute atomic E-state index is 13.7. The minimum absolute atomic E-state index is 0.139. The van der Waals surface area contributed by atoms with E-state index in [0.29, 0.717) is 0 Å². The molecule has 0 spiro atoms. The van der Waals surface area contributed by atoms with Gasteiger partial charge < -0.3 is 11.1 Å². The van der Waals surface area contributed by atoms with Crippen LogP contribution in [-0.4, -0.2) is 15.6 Å². The second-order valence-electron chi connectivity index (χ2n) is 7.41. The molecule has 1 heterocycles. The maximum atomic E-state index is 13.7.